The molecule has 2 aromatic rings. The Balaban J connectivity index is 1.76. The predicted octanol–water partition coefficient (Wildman–Crippen LogP) is 2.80. The highest BCUT2D eigenvalue weighted by Gasteiger charge is 2.27. The molecule has 8 heteroatoms. The molecule has 4 heterocycles. The Morgan fingerprint density at radius 1 is 1.05 bits per heavy atom. The number of nitrogens with zero attached hydrogens (tertiary/aromatic N) is 5. The molecule has 0 unspecified atom stereocenters. The first kappa shape index (κ1) is 13.7. The van der Waals surface area contributed by atoms with Crippen molar-refractivity contribution in [2.24, 2.45) is 0 Å². The normalized spacial score (nSPS) is 18.5. The number of anilines is 2. The number of fused-ring (bicyclic) bond motifs is 1. The van der Waals surface area contributed by atoms with E-state index >= 15 is 0 Å². The Kier molecular flexibility index (Phi) is 3.33. The fraction of sp³-hybridized carbons (Fsp3) is 0.571. The summed E-state index contributed by atoms with van der Waals surface area (Å²) in [5.74, 6) is 0.472. The summed E-state index contributed by atoms with van der Waals surface area (Å²) in [5, 5.41) is 12.3. The minimum absolute atomic E-state index is 0.0982. The molecule has 2 aliphatic rings. The number of hydrogen-bond acceptors (Lipinski definition) is 7. The molecule has 7 nitrogen and oxygen atoms in total. The van der Waals surface area contributed by atoms with E-state index in [-0.39, 0.29) is 10.6 Å². The molecule has 0 N–H and O–H groups in total. The Labute approximate surface area is 131 Å². The zero-order valence-corrected chi connectivity index (χ0v) is 13.0. The first-order chi connectivity index (χ1) is 10.7. The first-order valence-corrected chi connectivity index (χ1v) is 8.50. The molecule has 2 aromatic heterocycles. The molecule has 116 valence electrons. The minimum atomic E-state index is -0.333. The Hall–Kier alpha value is -1.96. The van der Waals surface area contributed by atoms with Crippen molar-refractivity contribution in [3.8, 4) is 0 Å². The second-order valence-electron chi connectivity index (χ2n) is 5.79. The summed E-state index contributed by atoms with van der Waals surface area (Å²) in [4.78, 5) is 24.3. The maximum absolute atomic E-state index is 11.3. The van der Waals surface area contributed by atoms with Crippen LogP contribution < -0.4 is 9.80 Å². The number of rotatable bonds is 3. The Morgan fingerprint density at radius 3 is 2.41 bits per heavy atom. The quantitative estimate of drug-likeness (QED) is 0.639. The van der Waals surface area contributed by atoms with Gasteiger partial charge in [-0.05, 0) is 25.7 Å². The van der Waals surface area contributed by atoms with Gasteiger partial charge in [-0.1, -0.05) is 11.3 Å². The van der Waals surface area contributed by atoms with E-state index in [9.17, 15) is 10.1 Å². The Bertz CT molecular complexity index is 721. The van der Waals surface area contributed by atoms with Crippen LogP contribution in [0, 0.1) is 10.1 Å². The molecule has 22 heavy (non-hydrogen) atoms. The van der Waals surface area contributed by atoms with Gasteiger partial charge in [-0.25, -0.2) is 4.98 Å². The molecule has 4 rings (SSSR count). The standard InChI is InChI=1S/C14H17N5O2S/c20-19(21)10-9-11-12(15-13(10)17-7-4-8-17)16-14(22-11)18-5-2-1-3-6-18/h9H,1-8H2. The molecule has 0 radical (unpaired) electrons. The molecular weight excluding hydrogens is 302 g/mol. The predicted molar refractivity (Wildman–Crippen MR) is 87.0 cm³/mol. The van der Waals surface area contributed by atoms with Gasteiger partial charge in [0.1, 0.15) is 0 Å². The number of nitro groups is 1. The molecule has 0 atom stereocenters. The van der Waals surface area contributed by atoms with Crippen LogP contribution >= 0.6 is 11.3 Å². The molecule has 2 saturated heterocycles. The van der Waals surface area contributed by atoms with Gasteiger partial charge in [-0.2, -0.15) is 4.98 Å². The van der Waals surface area contributed by atoms with Crippen LogP contribution in [-0.4, -0.2) is 41.1 Å². The zero-order valence-electron chi connectivity index (χ0n) is 12.2. The van der Waals surface area contributed by atoms with Crippen LogP contribution in [0.3, 0.4) is 0 Å². The van der Waals surface area contributed by atoms with Gasteiger partial charge in [0.2, 0.25) is 5.82 Å². The molecule has 0 aliphatic carbocycles. The van der Waals surface area contributed by atoms with Crippen molar-refractivity contribution in [2.45, 2.75) is 25.7 Å². The Morgan fingerprint density at radius 2 is 1.77 bits per heavy atom. The number of hydrogen-bond donors (Lipinski definition) is 0. The second-order valence-corrected chi connectivity index (χ2v) is 6.80. The van der Waals surface area contributed by atoms with Crippen LogP contribution in [0.2, 0.25) is 0 Å². The van der Waals surface area contributed by atoms with Gasteiger partial charge in [-0.3, -0.25) is 10.1 Å². The molecule has 0 bridgehead atoms. The van der Waals surface area contributed by atoms with Crippen molar-refractivity contribution < 1.29 is 4.92 Å². The lowest BCUT2D eigenvalue weighted by atomic mass is 10.1. The SMILES string of the molecule is O=[N+]([O-])c1cc2sc(N3CCCCC3)nc2nc1N1CCC1. The van der Waals surface area contributed by atoms with Crippen molar-refractivity contribution >= 4 is 38.3 Å². The lowest BCUT2D eigenvalue weighted by Gasteiger charge is -2.31. The molecular formula is C14H17N5O2S. The molecule has 0 spiro atoms. The zero-order chi connectivity index (χ0) is 15.1. The first-order valence-electron chi connectivity index (χ1n) is 7.68. The average molecular weight is 319 g/mol. The van der Waals surface area contributed by atoms with Gasteiger partial charge < -0.3 is 9.80 Å². The summed E-state index contributed by atoms with van der Waals surface area (Å²) >= 11 is 1.51. The summed E-state index contributed by atoms with van der Waals surface area (Å²) in [6.07, 6.45) is 4.70. The monoisotopic (exact) mass is 319 g/mol. The molecule has 2 aliphatic heterocycles. The third-order valence-electron chi connectivity index (χ3n) is 4.31. The molecule has 0 saturated carbocycles. The fourth-order valence-electron chi connectivity index (χ4n) is 2.95. The number of pyridine rings is 1. The van der Waals surface area contributed by atoms with Crippen molar-refractivity contribution in [2.75, 3.05) is 36.0 Å². The van der Waals surface area contributed by atoms with Gasteiger partial charge >= 0.3 is 5.69 Å². The van der Waals surface area contributed by atoms with Crippen LogP contribution in [0.5, 0.6) is 0 Å². The summed E-state index contributed by atoms with van der Waals surface area (Å²) < 4.78 is 0.802. The van der Waals surface area contributed by atoms with Crippen LogP contribution in [0.4, 0.5) is 16.6 Å². The molecule has 0 amide bonds. The lowest BCUT2D eigenvalue weighted by molar-refractivity contribution is -0.384. The maximum atomic E-state index is 11.3. The van der Waals surface area contributed by atoms with E-state index in [4.69, 9.17) is 0 Å². The van der Waals surface area contributed by atoms with Gasteiger partial charge in [0.15, 0.2) is 10.8 Å². The van der Waals surface area contributed by atoms with Crippen molar-refractivity contribution in [3.63, 3.8) is 0 Å². The summed E-state index contributed by atoms with van der Waals surface area (Å²) in [7, 11) is 0. The molecule has 2 fully saturated rings. The van der Waals surface area contributed by atoms with Crippen LogP contribution in [0.15, 0.2) is 6.07 Å². The van der Waals surface area contributed by atoms with Crippen molar-refractivity contribution in [3.05, 3.63) is 16.2 Å². The van der Waals surface area contributed by atoms with Crippen molar-refractivity contribution in [1.29, 1.82) is 0 Å². The average Bonchev–Trinajstić information content (AvgIpc) is 2.88. The highest BCUT2D eigenvalue weighted by atomic mass is 32.1. The van der Waals surface area contributed by atoms with Gasteiger partial charge in [-0.15, -0.1) is 0 Å². The second kappa shape index (κ2) is 5.35. The largest absolute Gasteiger partial charge is 0.351 e. The third-order valence-corrected chi connectivity index (χ3v) is 5.36. The van der Waals surface area contributed by atoms with E-state index in [0.717, 1.165) is 42.4 Å². The van der Waals surface area contributed by atoms with Crippen molar-refractivity contribution in [1.82, 2.24) is 9.97 Å². The summed E-state index contributed by atoms with van der Waals surface area (Å²) in [5.41, 5.74) is 0.735. The lowest BCUT2D eigenvalue weighted by Crippen LogP contribution is -2.38. The van der Waals surface area contributed by atoms with Gasteiger partial charge in [0, 0.05) is 32.2 Å². The van der Waals surface area contributed by atoms with E-state index in [1.807, 2.05) is 4.90 Å². The smallest absolute Gasteiger partial charge is 0.313 e. The minimum Gasteiger partial charge on any atom is -0.351 e. The van der Waals surface area contributed by atoms with E-state index in [1.165, 1.54) is 30.6 Å². The number of piperidine rings is 1. The van der Waals surface area contributed by atoms with E-state index in [1.54, 1.807) is 6.07 Å². The van der Waals surface area contributed by atoms with E-state index in [0.29, 0.717) is 11.5 Å². The summed E-state index contributed by atoms with van der Waals surface area (Å²) in [6.45, 7) is 3.70. The van der Waals surface area contributed by atoms with Crippen LogP contribution in [-0.2, 0) is 0 Å². The van der Waals surface area contributed by atoms with Gasteiger partial charge in [0.05, 0.1) is 9.62 Å². The fourth-order valence-corrected chi connectivity index (χ4v) is 3.94. The van der Waals surface area contributed by atoms with Crippen LogP contribution in [0.25, 0.3) is 10.3 Å². The highest BCUT2D eigenvalue weighted by molar-refractivity contribution is 7.22. The van der Waals surface area contributed by atoms with Gasteiger partial charge in [0.25, 0.3) is 0 Å². The maximum Gasteiger partial charge on any atom is 0.313 e. The van der Waals surface area contributed by atoms with E-state index in [2.05, 4.69) is 14.9 Å². The number of thiazole rings is 1. The number of aromatic nitrogens is 2. The third kappa shape index (κ3) is 2.27. The summed E-state index contributed by atoms with van der Waals surface area (Å²) in [6, 6.07) is 1.64. The highest BCUT2D eigenvalue weighted by Crippen LogP contribution is 2.37. The van der Waals surface area contributed by atoms with E-state index < -0.39 is 0 Å². The van der Waals surface area contributed by atoms with Crippen LogP contribution in [0.1, 0.15) is 25.7 Å². The molecule has 0 aromatic carbocycles. The topological polar surface area (TPSA) is 75.4 Å².